The molecule has 0 aromatic heterocycles. The Morgan fingerprint density at radius 1 is 0.862 bits per heavy atom. The molecule has 4 rings (SSSR count). The number of amides is 3. The molecule has 0 aliphatic carbocycles. The van der Waals surface area contributed by atoms with Crippen LogP contribution in [-0.4, -0.2) is 28.5 Å². The smallest absolute Gasteiger partial charge is 0.325 e. The molecule has 3 aromatic rings. The maximum atomic E-state index is 13.5. The number of carbonyl (C=O) groups is 2. The zero-order valence-corrected chi connectivity index (χ0v) is 15.5. The molecule has 146 valence electrons. The van der Waals surface area contributed by atoms with E-state index >= 15 is 0 Å². The minimum absolute atomic E-state index is 0.238. The molecule has 6 heteroatoms. The fourth-order valence-electron chi connectivity index (χ4n) is 3.64. The molecule has 3 amide bonds. The van der Waals surface area contributed by atoms with Crippen LogP contribution in [-0.2, 0) is 10.3 Å². The molecule has 1 aliphatic heterocycles. The van der Waals surface area contributed by atoms with Crippen molar-refractivity contribution in [2.45, 2.75) is 11.6 Å². The summed E-state index contributed by atoms with van der Waals surface area (Å²) in [7, 11) is 0. The summed E-state index contributed by atoms with van der Waals surface area (Å²) in [5, 5.41) is 13.4. The van der Waals surface area contributed by atoms with E-state index < -0.39 is 29.4 Å². The first-order valence-corrected chi connectivity index (χ1v) is 9.21. The molecular formula is C23H19FN2O3. The van der Waals surface area contributed by atoms with Gasteiger partial charge in [0.15, 0.2) is 5.54 Å². The second kappa shape index (κ2) is 7.48. The predicted molar refractivity (Wildman–Crippen MR) is 105 cm³/mol. The number of urea groups is 1. The van der Waals surface area contributed by atoms with E-state index in [1.165, 1.54) is 24.3 Å². The maximum Gasteiger partial charge on any atom is 0.325 e. The summed E-state index contributed by atoms with van der Waals surface area (Å²) in [6.45, 7) is -0.238. The van der Waals surface area contributed by atoms with Crippen molar-refractivity contribution in [2.24, 2.45) is 0 Å². The van der Waals surface area contributed by atoms with Gasteiger partial charge in [-0.1, -0.05) is 72.8 Å². The number of hydrogen-bond donors (Lipinski definition) is 2. The maximum absolute atomic E-state index is 13.5. The summed E-state index contributed by atoms with van der Waals surface area (Å²) >= 11 is 0. The third-order valence-corrected chi connectivity index (χ3v) is 5.13. The molecule has 1 aliphatic rings. The van der Waals surface area contributed by atoms with E-state index in [-0.39, 0.29) is 6.54 Å². The molecule has 0 spiro atoms. The van der Waals surface area contributed by atoms with Gasteiger partial charge in [-0.3, -0.25) is 9.69 Å². The van der Waals surface area contributed by atoms with Gasteiger partial charge in [0.05, 0.1) is 12.6 Å². The van der Waals surface area contributed by atoms with E-state index in [2.05, 4.69) is 5.32 Å². The van der Waals surface area contributed by atoms with Crippen molar-refractivity contribution >= 4 is 11.9 Å². The molecule has 1 fully saturated rings. The van der Waals surface area contributed by atoms with Gasteiger partial charge in [-0.25, -0.2) is 9.18 Å². The number of halogens is 1. The normalized spacial score (nSPS) is 16.6. The Hall–Kier alpha value is -3.51. The summed E-state index contributed by atoms with van der Waals surface area (Å²) in [5.74, 6) is -0.899. The fourth-order valence-corrected chi connectivity index (χ4v) is 3.64. The van der Waals surface area contributed by atoms with E-state index in [0.29, 0.717) is 16.7 Å². The second-order valence-electron chi connectivity index (χ2n) is 6.90. The van der Waals surface area contributed by atoms with E-state index in [9.17, 15) is 19.1 Å². The van der Waals surface area contributed by atoms with E-state index in [1.54, 1.807) is 48.5 Å². The van der Waals surface area contributed by atoms with Gasteiger partial charge in [0, 0.05) is 0 Å². The van der Waals surface area contributed by atoms with Gasteiger partial charge in [0.25, 0.3) is 5.91 Å². The minimum Gasteiger partial charge on any atom is -0.387 e. The highest BCUT2D eigenvalue weighted by molar-refractivity contribution is 6.09. The van der Waals surface area contributed by atoms with E-state index in [4.69, 9.17) is 0 Å². The van der Waals surface area contributed by atoms with Crippen molar-refractivity contribution < 1.29 is 19.1 Å². The molecule has 2 N–H and O–H groups in total. The quantitative estimate of drug-likeness (QED) is 0.657. The summed E-state index contributed by atoms with van der Waals surface area (Å²) in [4.78, 5) is 27.3. The molecule has 0 radical (unpaired) electrons. The number of rotatable bonds is 5. The number of hydrogen-bond acceptors (Lipinski definition) is 3. The highest BCUT2D eigenvalue weighted by Gasteiger charge is 2.53. The Morgan fingerprint density at radius 3 is 1.90 bits per heavy atom. The Morgan fingerprint density at radius 2 is 1.38 bits per heavy atom. The van der Waals surface area contributed by atoms with Crippen molar-refractivity contribution in [1.29, 1.82) is 0 Å². The SMILES string of the molecule is O=C1NC(c2ccccc2)(c2ccccc2)C(=O)N1C[C@@H](O)c1ccc(F)cc1. The van der Waals surface area contributed by atoms with Gasteiger partial charge in [-0.15, -0.1) is 0 Å². The number of nitrogens with zero attached hydrogens (tertiary/aromatic N) is 1. The van der Waals surface area contributed by atoms with E-state index in [0.717, 1.165) is 4.90 Å². The van der Waals surface area contributed by atoms with Crippen LogP contribution in [0.4, 0.5) is 9.18 Å². The highest BCUT2D eigenvalue weighted by atomic mass is 19.1. The third kappa shape index (κ3) is 3.28. The van der Waals surface area contributed by atoms with Gasteiger partial charge in [0.1, 0.15) is 5.82 Å². The van der Waals surface area contributed by atoms with Crippen molar-refractivity contribution in [3.8, 4) is 0 Å². The molecule has 1 saturated heterocycles. The fraction of sp³-hybridized carbons (Fsp3) is 0.130. The van der Waals surface area contributed by atoms with Gasteiger partial charge >= 0.3 is 6.03 Å². The van der Waals surface area contributed by atoms with Crippen LogP contribution in [0.5, 0.6) is 0 Å². The second-order valence-corrected chi connectivity index (χ2v) is 6.90. The average molecular weight is 390 g/mol. The lowest BCUT2D eigenvalue weighted by atomic mass is 9.82. The predicted octanol–water partition coefficient (Wildman–Crippen LogP) is 3.35. The van der Waals surface area contributed by atoms with Crippen LogP contribution in [0.3, 0.4) is 0 Å². The number of carbonyl (C=O) groups excluding carboxylic acids is 2. The van der Waals surface area contributed by atoms with Crippen LogP contribution in [0.1, 0.15) is 22.8 Å². The number of aliphatic hydroxyl groups is 1. The average Bonchev–Trinajstić information content (AvgIpc) is 3.01. The monoisotopic (exact) mass is 390 g/mol. The number of benzene rings is 3. The first kappa shape index (κ1) is 18.8. The van der Waals surface area contributed by atoms with Crippen LogP contribution < -0.4 is 5.32 Å². The third-order valence-electron chi connectivity index (χ3n) is 5.13. The lowest BCUT2D eigenvalue weighted by molar-refractivity contribution is -0.131. The molecule has 0 bridgehead atoms. The summed E-state index contributed by atoms with van der Waals surface area (Å²) in [5.41, 5.74) is 0.304. The molecule has 29 heavy (non-hydrogen) atoms. The highest BCUT2D eigenvalue weighted by Crippen LogP contribution is 2.36. The number of aliphatic hydroxyl groups excluding tert-OH is 1. The van der Waals surface area contributed by atoms with Crippen LogP contribution in [0, 0.1) is 5.82 Å². The first-order chi connectivity index (χ1) is 14.0. The first-order valence-electron chi connectivity index (χ1n) is 9.21. The number of nitrogens with one attached hydrogen (secondary N) is 1. The Balaban J connectivity index is 1.71. The van der Waals surface area contributed by atoms with Crippen LogP contribution in [0.15, 0.2) is 84.9 Å². The van der Waals surface area contributed by atoms with Gasteiger partial charge in [0.2, 0.25) is 0 Å². The van der Waals surface area contributed by atoms with Crippen molar-refractivity contribution in [3.05, 3.63) is 107 Å². The lowest BCUT2D eigenvalue weighted by Gasteiger charge is -2.28. The van der Waals surface area contributed by atoms with Gasteiger partial charge in [-0.05, 0) is 28.8 Å². The van der Waals surface area contributed by atoms with Crippen molar-refractivity contribution in [2.75, 3.05) is 6.54 Å². The summed E-state index contributed by atoms with van der Waals surface area (Å²) < 4.78 is 13.1. The number of imide groups is 1. The Bertz CT molecular complexity index is 984. The van der Waals surface area contributed by atoms with Crippen LogP contribution in [0.25, 0.3) is 0 Å². The summed E-state index contributed by atoms with van der Waals surface area (Å²) in [6.07, 6.45) is -1.13. The molecule has 1 atom stereocenters. The molecular weight excluding hydrogens is 371 g/mol. The molecule has 1 heterocycles. The van der Waals surface area contributed by atoms with Crippen molar-refractivity contribution in [1.82, 2.24) is 10.2 Å². The standard InChI is InChI=1S/C23H19FN2O3/c24-19-13-11-16(12-14-19)20(27)15-26-21(28)23(25-22(26)29,17-7-3-1-4-8-17)18-9-5-2-6-10-18/h1-14,20,27H,15H2,(H,25,29)/t20-/m1/s1. The Labute approximate surface area is 167 Å². The zero-order chi connectivity index (χ0) is 20.4. The number of β-amino-alcohol motifs (C(OH)–C–C–N with tert-alkyl or cyclic N) is 1. The summed E-state index contributed by atoms with van der Waals surface area (Å²) in [6, 6.07) is 22.7. The lowest BCUT2D eigenvalue weighted by Crippen LogP contribution is -2.45. The van der Waals surface area contributed by atoms with E-state index in [1.807, 2.05) is 12.1 Å². The molecule has 0 unspecified atom stereocenters. The largest absolute Gasteiger partial charge is 0.387 e. The molecule has 0 saturated carbocycles. The topological polar surface area (TPSA) is 69.6 Å². The minimum atomic E-state index is -1.37. The molecule has 5 nitrogen and oxygen atoms in total. The van der Waals surface area contributed by atoms with Crippen LogP contribution in [0.2, 0.25) is 0 Å². The Kier molecular flexibility index (Phi) is 4.86. The van der Waals surface area contributed by atoms with Gasteiger partial charge in [-0.2, -0.15) is 0 Å². The zero-order valence-electron chi connectivity index (χ0n) is 15.5. The molecule has 3 aromatic carbocycles. The van der Waals surface area contributed by atoms with Crippen molar-refractivity contribution in [3.63, 3.8) is 0 Å². The van der Waals surface area contributed by atoms with Gasteiger partial charge < -0.3 is 10.4 Å². The van der Waals surface area contributed by atoms with Crippen LogP contribution >= 0.6 is 0 Å².